The number of amides is 1. The normalized spacial score (nSPS) is 12.3. The lowest BCUT2D eigenvalue weighted by Gasteiger charge is -2.11. The van der Waals surface area contributed by atoms with Gasteiger partial charge in [-0.15, -0.1) is 0 Å². The fraction of sp³-hybridized carbons (Fsp3) is 0.429. The number of rotatable bonds is 7. The molecule has 21 heavy (non-hydrogen) atoms. The van der Waals surface area contributed by atoms with Crippen molar-refractivity contribution in [1.82, 2.24) is 15.3 Å². The largest absolute Gasteiger partial charge is 0.497 e. The smallest absolute Gasteiger partial charge is 0.230 e. The number of hydrogen-bond donors (Lipinski definition) is 2. The van der Waals surface area contributed by atoms with E-state index in [0.29, 0.717) is 17.5 Å². The molecule has 0 saturated carbocycles. The summed E-state index contributed by atoms with van der Waals surface area (Å²) in [5.74, 6) is 1.04. The van der Waals surface area contributed by atoms with Gasteiger partial charge in [-0.3, -0.25) is 4.79 Å². The molecule has 1 heterocycles. The average molecular weight is 309 g/mol. The van der Waals surface area contributed by atoms with Crippen LogP contribution in [0.15, 0.2) is 23.4 Å². The van der Waals surface area contributed by atoms with Gasteiger partial charge in [-0.2, -0.15) is 0 Å². The molecule has 0 aliphatic carbocycles. The molecule has 1 aromatic carbocycles. The molecule has 1 aromatic heterocycles. The van der Waals surface area contributed by atoms with Gasteiger partial charge in [-0.25, -0.2) is 4.98 Å². The molecule has 2 rings (SSSR count). The lowest BCUT2D eigenvalue weighted by molar-refractivity contribution is -0.119. The van der Waals surface area contributed by atoms with Gasteiger partial charge in [-0.05, 0) is 19.1 Å². The van der Waals surface area contributed by atoms with E-state index in [0.717, 1.165) is 16.8 Å². The van der Waals surface area contributed by atoms with Crippen LogP contribution in [0, 0.1) is 0 Å². The maximum Gasteiger partial charge on any atom is 0.230 e. The number of hydrogen-bond acceptors (Lipinski definition) is 5. The van der Waals surface area contributed by atoms with Crippen LogP contribution in [0.3, 0.4) is 0 Å². The summed E-state index contributed by atoms with van der Waals surface area (Å²) in [6.45, 7) is 2.40. The summed E-state index contributed by atoms with van der Waals surface area (Å²) >= 11 is 1.37. The van der Waals surface area contributed by atoms with E-state index in [2.05, 4.69) is 15.3 Å². The summed E-state index contributed by atoms with van der Waals surface area (Å²) in [6.07, 6.45) is 0. The number of fused-ring (bicyclic) bond motifs is 1. The van der Waals surface area contributed by atoms with Gasteiger partial charge >= 0.3 is 0 Å². The number of carbonyl (C=O) groups excluding carboxylic acids is 1. The van der Waals surface area contributed by atoms with Crippen LogP contribution in [0.2, 0.25) is 0 Å². The standard InChI is InChI=1S/C14H19N3O3S/c1-9(7-19-2)15-13(18)8-21-14-16-11-5-4-10(20-3)6-12(11)17-14/h4-6,9H,7-8H2,1-3H3,(H,15,18)(H,16,17)/t9-/m1/s1. The highest BCUT2D eigenvalue weighted by Crippen LogP contribution is 2.22. The molecule has 114 valence electrons. The Morgan fingerprint density at radius 2 is 2.29 bits per heavy atom. The average Bonchev–Trinajstić information content (AvgIpc) is 2.87. The fourth-order valence-corrected chi connectivity index (χ4v) is 2.60. The van der Waals surface area contributed by atoms with Gasteiger partial charge in [0.1, 0.15) is 5.75 Å². The molecule has 2 aromatic rings. The highest BCUT2D eigenvalue weighted by Gasteiger charge is 2.10. The zero-order chi connectivity index (χ0) is 15.2. The topological polar surface area (TPSA) is 76.2 Å². The molecular weight excluding hydrogens is 290 g/mol. The molecule has 1 amide bonds. The van der Waals surface area contributed by atoms with E-state index in [-0.39, 0.29) is 11.9 Å². The fourth-order valence-electron chi connectivity index (χ4n) is 1.90. The third kappa shape index (κ3) is 4.37. The summed E-state index contributed by atoms with van der Waals surface area (Å²) in [4.78, 5) is 19.4. The van der Waals surface area contributed by atoms with E-state index < -0.39 is 0 Å². The number of thioether (sulfide) groups is 1. The first-order valence-electron chi connectivity index (χ1n) is 6.57. The maximum atomic E-state index is 11.8. The van der Waals surface area contributed by atoms with Crippen molar-refractivity contribution in [2.45, 2.75) is 18.1 Å². The number of methoxy groups -OCH3 is 2. The number of imidazole rings is 1. The second kappa shape index (κ2) is 7.33. The van der Waals surface area contributed by atoms with Crippen LogP contribution in [0.1, 0.15) is 6.92 Å². The molecular formula is C14H19N3O3S. The lowest BCUT2D eigenvalue weighted by Crippen LogP contribution is -2.36. The Labute approximate surface area is 127 Å². The molecule has 0 spiro atoms. The molecule has 7 heteroatoms. The van der Waals surface area contributed by atoms with Gasteiger partial charge in [0.15, 0.2) is 5.16 Å². The van der Waals surface area contributed by atoms with Crippen LogP contribution in [0.25, 0.3) is 11.0 Å². The number of H-pyrrole nitrogens is 1. The summed E-state index contributed by atoms with van der Waals surface area (Å²) in [7, 11) is 3.23. The van der Waals surface area contributed by atoms with Crippen LogP contribution in [-0.4, -0.2) is 48.5 Å². The summed E-state index contributed by atoms with van der Waals surface area (Å²) in [5, 5.41) is 3.57. The molecule has 0 fully saturated rings. The van der Waals surface area contributed by atoms with Gasteiger partial charge in [-0.1, -0.05) is 11.8 Å². The molecule has 0 unspecified atom stereocenters. The number of carbonyl (C=O) groups is 1. The minimum absolute atomic E-state index is 0.00281. The van der Waals surface area contributed by atoms with E-state index in [4.69, 9.17) is 9.47 Å². The van der Waals surface area contributed by atoms with Crippen LogP contribution in [0.5, 0.6) is 5.75 Å². The van der Waals surface area contributed by atoms with Crippen molar-refractivity contribution >= 4 is 28.7 Å². The van der Waals surface area contributed by atoms with E-state index in [1.807, 2.05) is 25.1 Å². The molecule has 2 N–H and O–H groups in total. The Bertz CT molecular complexity index is 615. The highest BCUT2D eigenvalue weighted by molar-refractivity contribution is 7.99. The Hall–Kier alpha value is -1.73. The van der Waals surface area contributed by atoms with Crippen molar-refractivity contribution in [3.63, 3.8) is 0 Å². The number of ether oxygens (including phenoxy) is 2. The molecule has 0 bridgehead atoms. The van der Waals surface area contributed by atoms with Crippen molar-refractivity contribution in [3.8, 4) is 5.75 Å². The monoisotopic (exact) mass is 309 g/mol. The molecule has 1 atom stereocenters. The highest BCUT2D eigenvalue weighted by atomic mass is 32.2. The molecule has 6 nitrogen and oxygen atoms in total. The number of nitrogens with zero attached hydrogens (tertiary/aromatic N) is 1. The second-order valence-corrected chi connectivity index (χ2v) is 5.60. The van der Waals surface area contributed by atoms with Crippen molar-refractivity contribution in [3.05, 3.63) is 18.2 Å². The minimum atomic E-state index is -0.0393. The van der Waals surface area contributed by atoms with Crippen LogP contribution in [-0.2, 0) is 9.53 Å². The first kappa shape index (κ1) is 15.7. The van der Waals surface area contributed by atoms with Crippen LogP contribution in [0.4, 0.5) is 0 Å². The summed E-state index contributed by atoms with van der Waals surface area (Å²) in [5.41, 5.74) is 1.75. The number of benzene rings is 1. The zero-order valence-corrected chi connectivity index (χ0v) is 13.1. The van der Waals surface area contributed by atoms with E-state index in [1.165, 1.54) is 11.8 Å². The third-order valence-electron chi connectivity index (χ3n) is 2.83. The van der Waals surface area contributed by atoms with Gasteiger partial charge in [0.05, 0.1) is 30.5 Å². The van der Waals surface area contributed by atoms with Crippen molar-refractivity contribution in [2.75, 3.05) is 26.6 Å². The number of aromatic nitrogens is 2. The predicted molar refractivity (Wildman–Crippen MR) is 82.9 cm³/mol. The van der Waals surface area contributed by atoms with Crippen molar-refractivity contribution < 1.29 is 14.3 Å². The Balaban J connectivity index is 1.92. The van der Waals surface area contributed by atoms with Crippen molar-refractivity contribution in [2.24, 2.45) is 0 Å². The van der Waals surface area contributed by atoms with Gasteiger partial charge < -0.3 is 19.8 Å². The summed E-state index contributed by atoms with van der Waals surface area (Å²) in [6, 6.07) is 5.63. The van der Waals surface area contributed by atoms with Crippen molar-refractivity contribution in [1.29, 1.82) is 0 Å². The second-order valence-electron chi connectivity index (χ2n) is 4.64. The lowest BCUT2D eigenvalue weighted by atomic mass is 10.3. The quantitative estimate of drug-likeness (QED) is 0.763. The van der Waals surface area contributed by atoms with Crippen LogP contribution < -0.4 is 10.1 Å². The Morgan fingerprint density at radius 1 is 1.48 bits per heavy atom. The van der Waals surface area contributed by atoms with E-state index in [1.54, 1.807) is 14.2 Å². The first-order chi connectivity index (χ1) is 10.1. The first-order valence-corrected chi connectivity index (χ1v) is 7.55. The van der Waals surface area contributed by atoms with Gasteiger partial charge in [0, 0.05) is 19.2 Å². The van der Waals surface area contributed by atoms with E-state index >= 15 is 0 Å². The van der Waals surface area contributed by atoms with Gasteiger partial charge in [0.2, 0.25) is 5.91 Å². The number of nitrogens with one attached hydrogen (secondary N) is 2. The SMILES string of the molecule is COC[C@@H](C)NC(=O)CSc1nc2ccc(OC)cc2[nH]1. The van der Waals surface area contributed by atoms with Crippen LogP contribution >= 0.6 is 11.8 Å². The number of aromatic amines is 1. The van der Waals surface area contributed by atoms with Gasteiger partial charge in [0.25, 0.3) is 0 Å². The minimum Gasteiger partial charge on any atom is -0.497 e. The predicted octanol–water partition coefficient (Wildman–Crippen LogP) is 1.81. The molecule has 0 aliphatic rings. The summed E-state index contributed by atoms with van der Waals surface area (Å²) < 4.78 is 10.1. The molecule has 0 radical (unpaired) electrons. The molecule has 0 aliphatic heterocycles. The zero-order valence-electron chi connectivity index (χ0n) is 12.3. The maximum absolute atomic E-state index is 11.8. The molecule has 0 saturated heterocycles. The third-order valence-corrected chi connectivity index (χ3v) is 3.70. The Kier molecular flexibility index (Phi) is 5.46. The Morgan fingerprint density at radius 3 is 3.00 bits per heavy atom. The van der Waals surface area contributed by atoms with E-state index in [9.17, 15) is 4.79 Å².